The predicted octanol–water partition coefficient (Wildman–Crippen LogP) is 5.35. The van der Waals surface area contributed by atoms with Gasteiger partial charge >= 0.3 is 0 Å². The van der Waals surface area contributed by atoms with Crippen LogP contribution >= 0.6 is 11.8 Å². The zero-order valence-corrected chi connectivity index (χ0v) is 16.4. The Kier molecular flexibility index (Phi) is 5.48. The normalized spacial score (nSPS) is 15.4. The van der Waals surface area contributed by atoms with Crippen LogP contribution < -0.4 is 0 Å². The summed E-state index contributed by atoms with van der Waals surface area (Å²) in [6.07, 6.45) is 2.88. The van der Waals surface area contributed by atoms with E-state index in [9.17, 15) is 4.79 Å². The molecule has 0 bridgehead atoms. The Labute approximate surface area is 164 Å². The second kappa shape index (κ2) is 8.17. The van der Waals surface area contributed by atoms with Gasteiger partial charge in [-0.1, -0.05) is 31.2 Å². The Bertz CT molecular complexity index is 896. The molecule has 0 saturated carbocycles. The van der Waals surface area contributed by atoms with Crippen LogP contribution in [0.2, 0.25) is 0 Å². The SMILES string of the molecule is CCCSc1ccccc1C(=O)N1CCC(c2nc3ccccc3o2)CC1. The molecule has 1 aliphatic heterocycles. The van der Waals surface area contributed by atoms with Gasteiger partial charge in [-0.3, -0.25) is 4.79 Å². The number of hydrogen-bond donors (Lipinski definition) is 0. The maximum Gasteiger partial charge on any atom is 0.254 e. The number of nitrogens with zero attached hydrogens (tertiary/aromatic N) is 2. The van der Waals surface area contributed by atoms with Gasteiger partial charge in [0.1, 0.15) is 5.52 Å². The van der Waals surface area contributed by atoms with Crippen LogP contribution in [0.5, 0.6) is 0 Å². The average molecular weight is 381 g/mol. The number of carbonyl (C=O) groups excluding carboxylic acids is 1. The zero-order valence-electron chi connectivity index (χ0n) is 15.6. The van der Waals surface area contributed by atoms with Gasteiger partial charge in [-0.2, -0.15) is 0 Å². The minimum Gasteiger partial charge on any atom is -0.440 e. The number of aromatic nitrogens is 1. The highest BCUT2D eigenvalue weighted by Gasteiger charge is 2.28. The third-order valence-corrected chi connectivity index (χ3v) is 6.30. The molecule has 0 aliphatic carbocycles. The standard InChI is InChI=1S/C22H24N2O2S/c1-2-15-27-20-10-6-3-7-17(20)22(25)24-13-11-16(12-14-24)21-23-18-8-4-5-9-19(18)26-21/h3-10,16H,2,11-15H2,1H3. The molecule has 1 amide bonds. The number of amides is 1. The van der Waals surface area contributed by atoms with Crippen LogP contribution in [0.25, 0.3) is 11.1 Å². The van der Waals surface area contributed by atoms with Crippen molar-refractivity contribution in [1.82, 2.24) is 9.88 Å². The number of para-hydroxylation sites is 2. The molecule has 4 rings (SSSR count). The lowest BCUT2D eigenvalue weighted by atomic mass is 9.96. The molecule has 5 heteroatoms. The van der Waals surface area contributed by atoms with Crippen molar-refractivity contribution in [1.29, 1.82) is 0 Å². The van der Waals surface area contributed by atoms with E-state index in [1.165, 1.54) is 0 Å². The summed E-state index contributed by atoms with van der Waals surface area (Å²) < 4.78 is 5.93. The Morgan fingerprint density at radius 2 is 1.89 bits per heavy atom. The number of thioether (sulfide) groups is 1. The van der Waals surface area contributed by atoms with Gasteiger partial charge in [-0.15, -0.1) is 11.8 Å². The van der Waals surface area contributed by atoms with Crippen molar-refractivity contribution in [2.75, 3.05) is 18.8 Å². The molecular formula is C22H24N2O2S. The maximum absolute atomic E-state index is 13.0. The predicted molar refractivity (Wildman–Crippen MR) is 109 cm³/mol. The second-order valence-corrected chi connectivity index (χ2v) is 8.07. The molecule has 4 nitrogen and oxygen atoms in total. The quantitative estimate of drug-likeness (QED) is 0.560. The van der Waals surface area contributed by atoms with Gasteiger partial charge in [0.15, 0.2) is 11.5 Å². The topological polar surface area (TPSA) is 46.3 Å². The third kappa shape index (κ3) is 3.88. The molecule has 0 unspecified atom stereocenters. The fourth-order valence-electron chi connectivity index (χ4n) is 3.55. The first-order valence-corrected chi connectivity index (χ1v) is 10.6. The average Bonchev–Trinajstić information content (AvgIpc) is 3.16. The molecule has 2 heterocycles. The summed E-state index contributed by atoms with van der Waals surface area (Å²) in [4.78, 5) is 20.7. The van der Waals surface area contributed by atoms with E-state index >= 15 is 0 Å². The highest BCUT2D eigenvalue weighted by Crippen LogP contribution is 2.31. The highest BCUT2D eigenvalue weighted by atomic mass is 32.2. The number of oxazole rings is 1. The van der Waals surface area contributed by atoms with Crippen molar-refractivity contribution < 1.29 is 9.21 Å². The fourth-order valence-corrected chi connectivity index (χ4v) is 4.46. The van der Waals surface area contributed by atoms with Crippen molar-refractivity contribution >= 4 is 28.8 Å². The van der Waals surface area contributed by atoms with Crippen LogP contribution in [0.3, 0.4) is 0 Å². The van der Waals surface area contributed by atoms with Crippen LogP contribution in [-0.2, 0) is 0 Å². The Morgan fingerprint density at radius 3 is 2.67 bits per heavy atom. The number of likely N-dealkylation sites (tertiary alicyclic amines) is 1. The molecule has 0 radical (unpaired) electrons. The Hall–Kier alpha value is -2.27. The van der Waals surface area contributed by atoms with Crippen molar-refractivity contribution in [2.24, 2.45) is 0 Å². The third-order valence-electron chi connectivity index (χ3n) is 5.02. The van der Waals surface area contributed by atoms with Gasteiger partial charge in [0.2, 0.25) is 0 Å². The van der Waals surface area contributed by atoms with Crippen molar-refractivity contribution in [3.63, 3.8) is 0 Å². The number of rotatable bonds is 5. The van der Waals surface area contributed by atoms with Gasteiger partial charge < -0.3 is 9.32 Å². The van der Waals surface area contributed by atoms with Crippen LogP contribution in [0.1, 0.15) is 48.4 Å². The van der Waals surface area contributed by atoms with Gasteiger partial charge in [0.25, 0.3) is 5.91 Å². The zero-order chi connectivity index (χ0) is 18.6. The summed E-state index contributed by atoms with van der Waals surface area (Å²) in [6, 6.07) is 15.8. The summed E-state index contributed by atoms with van der Waals surface area (Å²) in [5.74, 6) is 2.27. The molecular weight excluding hydrogens is 356 g/mol. The van der Waals surface area contributed by atoms with E-state index < -0.39 is 0 Å². The van der Waals surface area contributed by atoms with E-state index in [-0.39, 0.29) is 11.8 Å². The smallest absolute Gasteiger partial charge is 0.254 e. The van der Waals surface area contributed by atoms with E-state index in [0.29, 0.717) is 0 Å². The lowest BCUT2D eigenvalue weighted by Crippen LogP contribution is -2.38. The van der Waals surface area contributed by atoms with Gasteiger partial charge in [-0.25, -0.2) is 4.98 Å². The first kappa shape index (κ1) is 18.1. The van der Waals surface area contributed by atoms with Crippen LogP contribution in [0.15, 0.2) is 57.8 Å². The Morgan fingerprint density at radius 1 is 1.15 bits per heavy atom. The van der Waals surface area contributed by atoms with Gasteiger partial charge in [-0.05, 0) is 49.3 Å². The monoisotopic (exact) mass is 380 g/mol. The molecule has 0 N–H and O–H groups in total. The number of carbonyl (C=O) groups is 1. The summed E-state index contributed by atoms with van der Waals surface area (Å²) in [6.45, 7) is 3.65. The lowest BCUT2D eigenvalue weighted by Gasteiger charge is -2.31. The molecule has 1 aliphatic rings. The summed E-state index contributed by atoms with van der Waals surface area (Å²) in [5, 5.41) is 0. The van der Waals surface area contributed by atoms with Crippen LogP contribution in [0, 0.1) is 0 Å². The van der Waals surface area contributed by atoms with Crippen molar-refractivity contribution in [3.05, 3.63) is 60.0 Å². The number of fused-ring (bicyclic) bond motifs is 1. The minimum atomic E-state index is 0.144. The van der Waals surface area contributed by atoms with Gasteiger partial charge in [0.05, 0.1) is 5.56 Å². The van der Waals surface area contributed by atoms with E-state index in [4.69, 9.17) is 4.42 Å². The first-order valence-electron chi connectivity index (χ1n) is 9.63. The lowest BCUT2D eigenvalue weighted by molar-refractivity contribution is 0.0703. The number of piperidine rings is 1. The largest absolute Gasteiger partial charge is 0.440 e. The molecule has 1 aromatic heterocycles. The molecule has 0 atom stereocenters. The summed E-state index contributed by atoms with van der Waals surface area (Å²) in [5.41, 5.74) is 2.58. The van der Waals surface area contributed by atoms with Crippen LogP contribution in [0.4, 0.5) is 0 Å². The maximum atomic E-state index is 13.0. The molecule has 0 spiro atoms. The number of hydrogen-bond acceptors (Lipinski definition) is 4. The molecule has 27 heavy (non-hydrogen) atoms. The second-order valence-electron chi connectivity index (χ2n) is 6.93. The van der Waals surface area contributed by atoms with E-state index in [1.807, 2.05) is 47.4 Å². The Balaban J connectivity index is 1.44. The van der Waals surface area contributed by atoms with Crippen molar-refractivity contribution in [3.8, 4) is 0 Å². The molecule has 2 aromatic carbocycles. The van der Waals surface area contributed by atoms with Crippen molar-refractivity contribution in [2.45, 2.75) is 37.0 Å². The number of benzene rings is 2. The van der Waals surface area contributed by atoms with Gasteiger partial charge in [0, 0.05) is 23.9 Å². The molecule has 1 fully saturated rings. The highest BCUT2D eigenvalue weighted by molar-refractivity contribution is 7.99. The summed E-state index contributed by atoms with van der Waals surface area (Å²) in [7, 11) is 0. The minimum absolute atomic E-state index is 0.144. The van der Waals surface area contributed by atoms with E-state index in [2.05, 4.69) is 18.0 Å². The molecule has 3 aromatic rings. The van der Waals surface area contributed by atoms with Crippen LogP contribution in [-0.4, -0.2) is 34.6 Å². The van der Waals surface area contributed by atoms with E-state index in [0.717, 1.165) is 65.6 Å². The van der Waals surface area contributed by atoms with E-state index in [1.54, 1.807) is 11.8 Å². The summed E-state index contributed by atoms with van der Waals surface area (Å²) >= 11 is 1.77. The molecule has 140 valence electrons. The molecule has 1 saturated heterocycles. The first-order chi connectivity index (χ1) is 13.3. The fraction of sp³-hybridized carbons (Fsp3) is 0.364.